The van der Waals surface area contributed by atoms with Gasteiger partial charge in [0.15, 0.2) is 0 Å². The summed E-state index contributed by atoms with van der Waals surface area (Å²) < 4.78 is 11.3. The van der Waals surface area contributed by atoms with Gasteiger partial charge in [-0.1, -0.05) is 32.4 Å². The fraction of sp³-hybridized carbons (Fsp3) is 0.667. The number of nitrogens with one attached hydrogen (secondary N) is 1. The SMILES string of the molecule is CCCNC(Cc1cccc(OC)c1)C(CCC)OCC. The van der Waals surface area contributed by atoms with Gasteiger partial charge in [0.05, 0.1) is 13.2 Å². The molecule has 0 aliphatic rings. The molecule has 0 aromatic heterocycles. The summed E-state index contributed by atoms with van der Waals surface area (Å²) in [6, 6.07) is 8.69. The topological polar surface area (TPSA) is 30.5 Å². The molecule has 0 spiro atoms. The van der Waals surface area contributed by atoms with Crippen LogP contribution in [-0.2, 0) is 11.2 Å². The quantitative estimate of drug-likeness (QED) is 0.673. The maximum Gasteiger partial charge on any atom is 0.119 e. The van der Waals surface area contributed by atoms with E-state index in [0.29, 0.717) is 6.04 Å². The lowest BCUT2D eigenvalue weighted by Gasteiger charge is -2.28. The fourth-order valence-corrected chi connectivity index (χ4v) is 2.62. The molecule has 0 amide bonds. The molecular formula is C18H31NO2. The molecule has 3 nitrogen and oxygen atoms in total. The lowest BCUT2D eigenvalue weighted by molar-refractivity contribution is 0.0282. The zero-order valence-electron chi connectivity index (χ0n) is 14.0. The summed E-state index contributed by atoms with van der Waals surface area (Å²) in [7, 11) is 1.71. The Morgan fingerprint density at radius 2 is 1.95 bits per heavy atom. The first-order valence-electron chi connectivity index (χ1n) is 8.23. The summed E-state index contributed by atoms with van der Waals surface area (Å²) in [4.78, 5) is 0. The number of hydrogen-bond acceptors (Lipinski definition) is 3. The molecule has 1 N–H and O–H groups in total. The molecule has 0 heterocycles. The monoisotopic (exact) mass is 293 g/mol. The molecule has 0 saturated heterocycles. The second-order valence-corrected chi connectivity index (χ2v) is 5.40. The molecule has 2 atom stereocenters. The summed E-state index contributed by atoms with van der Waals surface area (Å²) in [5.41, 5.74) is 1.30. The van der Waals surface area contributed by atoms with Crippen LogP contribution in [0.1, 0.15) is 45.6 Å². The smallest absolute Gasteiger partial charge is 0.119 e. The predicted molar refractivity (Wildman–Crippen MR) is 89.1 cm³/mol. The van der Waals surface area contributed by atoms with Crippen LogP contribution in [0, 0.1) is 0 Å². The van der Waals surface area contributed by atoms with E-state index in [-0.39, 0.29) is 6.10 Å². The largest absolute Gasteiger partial charge is 0.497 e. The third-order valence-electron chi connectivity index (χ3n) is 3.65. The minimum absolute atomic E-state index is 0.276. The standard InChI is InChI=1S/C18H31NO2/c1-5-9-18(21-7-3)17(19-12-6-2)14-15-10-8-11-16(13-15)20-4/h8,10-11,13,17-19H,5-7,9,12,14H2,1-4H3. The molecule has 0 radical (unpaired) electrons. The van der Waals surface area contributed by atoms with Crippen molar-refractivity contribution in [3.63, 3.8) is 0 Å². The van der Waals surface area contributed by atoms with Crippen LogP contribution < -0.4 is 10.1 Å². The summed E-state index contributed by atoms with van der Waals surface area (Å²) >= 11 is 0. The number of methoxy groups -OCH3 is 1. The minimum atomic E-state index is 0.276. The van der Waals surface area contributed by atoms with E-state index in [1.165, 1.54) is 5.56 Å². The van der Waals surface area contributed by atoms with Crippen LogP contribution in [0.15, 0.2) is 24.3 Å². The van der Waals surface area contributed by atoms with Crippen LogP contribution in [0.3, 0.4) is 0 Å². The molecule has 1 aromatic rings. The molecule has 2 unspecified atom stereocenters. The van der Waals surface area contributed by atoms with Gasteiger partial charge in [-0.15, -0.1) is 0 Å². The van der Waals surface area contributed by atoms with Gasteiger partial charge in [0.2, 0.25) is 0 Å². The van der Waals surface area contributed by atoms with Crippen LogP contribution in [-0.4, -0.2) is 32.4 Å². The Balaban J connectivity index is 2.78. The van der Waals surface area contributed by atoms with Crippen molar-refractivity contribution in [1.29, 1.82) is 0 Å². The van der Waals surface area contributed by atoms with Gasteiger partial charge >= 0.3 is 0 Å². The number of ether oxygens (including phenoxy) is 2. The van der Waals surface area contributed by atoms with E-state index in [1.54, 1.807) is 7.11 Å². The van der Waals surface area contributed by atoms with Crippen molar-refractivity contribution in [2.45, 2.75) is 58.6 Å². The molecule has 0 aliphatic heterocycles. The average molecular weight is 293 g/mol. The minimum Gasteiger partial charge on any atom is -0.497 e. The predicted octanol–water partition coefficient (Wildman–Crippen LogP) is 3.81. The second kappa shape index (κ2) is 10.6. The molecule has 0 bridgehead atoms. The average Bonchev–Trinajstić information content (AvgIpc) is 2.51. The third-order valence-corrected chi connectivity index (χ3v) is 3.65. The molecular weight excluding hydrogens is 262 g/mol. The van der Waals surface area contributed by atoms with Crippen molar-refractivity contribution in [3.8, 4) is 5.75 Å². The van der Waals surface area contributed by atoms with Gasteiger partial charge in [-0.2, -0.15) is 0 Å². The Kier molecular flexibility index (Phi) is 9.11. The van der Waals surface area contributed by atoms with Crippen LogP contribution in [0.5, 0.6) is 5.75 Å². The van der Waals surface area contributed by atoms with Crippen molar-refractivity contribution in [2.75, 3.05) is 20.3 Å². The Labute approximate surface area is 130 Å². The molecule has 1 rings (SSSR count). The first-order chi connectivity index (χ1) is 10.2. The van der Waals surface area contributed by atoms with Crippen molar-refractivity contribution in [1.82, 2.24) is 5.32 Å². The number of rotatable bonds is 11. The van der Waals surface area contributed by atoms with E-state index < -0.39 is 0 Å². The second-order valence-electron chi connectivity index (χ2n) is 5.40. The molecule has 1 aromatic carbocycles. The maximum atomic E-state index is 5.98. The van der Waals surface area contributed by atoms with Crippen molar-refractivity contribution < 1.29 is 9.47 Å². The van der Waals surface area contributed by atoms with Crippen LogP contribution in [0.2, 0.25) is 0 Å². The first-order valence-corrected chi connectivity index (χ1v) is 8.23. The Bertz CT molecular complexity index is 375. The van der Waals surface area contributed by atoms with Crippen LogP contribution in [0.4, 0.5) is 0 Å². The highest BCUT2D eigenvalue weighted by atomic mass is 16.5. The molecule has 0 aliphatic carbocycles. The van der Waals surface area contributed by atoms with Crippen LogP contribution in [0.25, 0.3) is 0 Å². The summed E-state index contributed by atoms with van der Waals surface area (Å²) in [6.07, 6.45) is 4.63. The Hall–Kier alpha value is -1.06. The number of hydrogen-bond donors (Lipinski definition) is 1. The van der Waals surface area contributed by atoms with Gasteiger partial charge in [0.25, 0.3) is 0 Å². The Morgan fingerprint density at radius 1 is 1.14 bits per heavy atom. The van der Waals surface area contributed by atoms with Crippen LogP contribution >= 0.6 is 0 Å². The molecule has 3 heteroatoms. The van der Waals surface area contributed by atoms with E-state index >= 15 is 0 Å². The third kappa shape index (κ3) is 6.49. The lowest BCUT2D eigenvalue weighted by Crippen LogP contribution is -2.43. The summed E-state index contributed by atoms with van der Waals surface area (Å²) in [5.74, 6) is 0.921. The van der Waals surface area contributed by atoms with Crippen molar-refractivity contribution in [2.24, 2.45) is 0 Å². The van der Waals surface area contributed by atoms with E-state index in [0.717, 1.165) is 44.6 Å². The molecule has 0 fully saturated rings. The molecule has 0 saturated carbocycles. The maximum absolute atomic E-state index is 5.98. The summed E-state index contributed by atoms with van der Waals surface area (Å²) in [5, 5.41) is 3.66. The van der Waals surface area contributed by atoms with E-state index in [4.69, 9.17) is 9.47 Å². The van der Waals surface area contributed by atoms with Gasteiger partial charge in [-0.05, 0) is 50.4 Å². The van der Waals surface area contributed by atoms with Crippen molar-refractivity contribution >= 4 is 0 Å². The highest BCUT2D eigenvalue weighted by Crippen LogP contribution is 2.17. The van der Waals surface area contributed by atoms with Gasteiger partial charge in [-0.3, -0.25) is 0 Å². The van der Waals surface area contributed by atoms with Gasteiger partial charge in [0, 0.05) is 12.6 Å². The van der Waals surface area contributed by atoms with E-state index in [9.17, 15) is 0 Å². The van der Waals surface area contributed by atoms with Gasteiger partial charge in [-0.25, -0.2) is 0 Å². The molecule has 21 heavy (non-hydrogen) atoms. The lowest BCUT2D eigenvalue weighted by atomic mass is 9.98. The van der Waals surface area contributed by atoms with E-state index in [1.807, 2.05) is 6.07 Å². The Morgan fingerprint density at radius 3 is 2.57 bits per heavy atom. The first kappa shape index (κ1) is 18.0. The van der Waals surface area contributed by atoms with Gasteiger partial charge in [0.1, 0.15) is 5.75 Å². The van der Waals surface area contributed by atoms with E-state index in [2.05, 4.69) is 44.3 Å². The highest BCUT2D eigenvalue weighted by molar-refractivity contribution is 5.29. The van der Waals surface area contributed by atoms with Gasteiger partial charge < -0.3 is 14.8 Å². The zero-order valence-corrected chi connectivity index (χ0v) is 14.0. The van der Waals surface area contributed by atoms with Crippen molar-refractivity contribution in [3.05, 3.63) is 29.8 Å². The fourth-order valence-electron chi connectivity index (χ4n) is 2.62. The summed E-state index contributed by atoms with van der Waals surface area (Å²) in [6.45, 7) is 8.29. The zero-order chi connectivity index (χ0) is 15.5. The highest BCUT2D eigenvalue weighted by Gasteiger charge is 2.21. The normalized spacial score (nSPS) is 13.9. The molecule has 120 valence electrons. The number of benzene rings is 1.